The van der Waals surface area contributed by atoms with Crippen molar-refractivity contribution in [2.24, 2.45) is 0 Å². The molecule has 1 heterocycles. The number of amides is 1. The van der Waals surface area contributed by atoms with Crippen molar-refractivity contribution in [2.45, 2.75) is 19.9 Å². The fourth-order valence-corrected chi connectivity index (χ4v) is 3.10. The van der Waals surface area contributed by atoms with Crippen LogP contribution in [0.25, 0.3) is 11.1 Å². The number of rotatable bonds is 5. The number of benzene rings is 3. The molecule has 0 saturated heterocycles. The third-order valence-corrected chi connectivity index (χ3v) is 4.52. The molecule has 1 aromatic heterocycles. The molecule has 0 spiro atoms. The van der Waals surface area contributed by atoms with E-state index in [0.717, 1.165) is 33.6 Å². The lowest BCUT2D eigenvalue weighted by Crippen LogP contribution is -2.27. The Morgan fingerprint density at radius 3 is 2.39 bits per heavy atom. The monoisotopic (exact) mass is 371 g/mol. The standard InChI is InChI=1S/C23H21N3O2/c1-15-8-10-18(11-9-15)26-23(27)22(17-6-4-3-5-7-17)25-19-12-13-21-20(14-19)24-16(2)28-21/h3-14,22,25H,1-2H3,(H,26,27)/t22-/m0/s1. The maximum atomic E-state index is 13.1. The molecule has 2 N–H and O–H groups in total. The van der Waals surface area contributed by atoms with E-state index < -0.39 is 6.04 Å². The van der Waals surface area contributed by atoms with Crippen LogP contribution in [0.1, 0.15) is 23.1 Å². The third-order valence-electron chi connectivity index (χ3n) is 4.52. The van der Waals surface area contributed by atoms with Gasteiger partial charge in [0.1, 0.15) is 11.6 Å². The molecule has 0 fully saturated rings. The molecule has 3 aromatic carbocycles. The Morgan fingerprint density at radius 1 is 0.929 bits per heavy atom. The van der Waals surface area contributed by atoms with E-state index >= 15 is 0 Å². The molecule has 1 atom stereocenters. The summed E-state index contributed by atoms with van der Waals surface area (Å²) >= 11 is 0. The van der Waals surface area contributed by atoms with Crippen molar-refractivity contribution in [2.75, 3.05) is 10.6 Å². The number of nitrogens with zero attached hydrogens (tertiary/aromatic N) is 1. The Balaban J connectivity index is 1.62. The van der Waals surface area contributed by atoms with Crippen LogP contribution in [0, 0.1) is 13.8 Å². The van der Waals surface area contributed by atoms with E-state index in [4.69, 9.17) is 4.42 Å². The summed E-state index contributed by atoms with van der Waals surface area (Å²) in [7, 11) is 0. The molecule has 28 heavy (non-hydrogen) atoms. The van der Waals surface area contributed by atoms with Crippen LogP contribution in [0.5, 0.6) is 0 Å². The molecule has 0 aliphatic heterocycles. The zero-order chi connectivity index (χ0) is 19.5. The van der Waals surface area contributed by atoms with Gasteiger partial charge in [0.15, 0.2) is 11.5 Å². The van der Waals surface area contributed by atoms with E-state index in [2.05, 4.69) is 15.6 Å². The molecule has 5 heteroatoms. The first-order chi connectivity index (χ1) is 13.6. The van der Waals surface area contributed by atoms with Gasteiger partial charge in [-0.15, -0.1) is 0 Å². The van der Waals surface area contributed by atoms with Gasteiger partial charge in [0.05, 0.1) is 0 Å². The Bertz CT molecular complexity index is 1100. The molecule has 0 bridgehead atoms. The number of fused-ring (bicyclic) bond motifs is 1. The summed E-state index contributed by atoms with van der Waals surface area (Å²) in [5.74, 6) is 0.482. The van der Waals surface area contributed by atoms with E-state index in [1.54, 1.807) is 0 Å². The molecule has 4 rings (SSSR count). The maximum Gasteiger partial charge on any atom is 0.251 e. The van der Waals surface area contributed by atoms with Crippen molar-refractivity contribution >= 4 is 28.4 Å². The van der Waals surface area contributed by atoms with Crippen LogP contribution in [0.15, 0.2) is 77.2 Å². The number of aromatic nitrogens is 1. The zero-order valence-corrected chi connectivity index (χ0v) is 15.8. The Labute approximate surface area is 163 Å². The normalized spacial score (nSPS) is 11.9. The molecule has 0 aliphatic carbocycles. The fraction of sp³-hybridized carbons (Fsp3) is 0.130. The number of hydrogen-bond donors (Lipinski definition) is 2. The van der Waals surface area contributed by atoms with Crippen LogP contribution < -0.4 is 10.6 Å². The number of oxazole rings is 1. The summed E-state index contributed by atoms with van der Waals surface area (Å²) in [6.45, 7) is 3.83. The first-order valence-corrected chi connectivity index (χ1v) is 9.15. The van der Waals surface area contributed by atoms with Crippen LogP contribution in [-0.2, 0) is 4.79 Å². The number of aryl methyl sites for hydroxylation is 2. The quantitative estimate of drug-likeness (QED) is 0.504. The second kappa shape index (κ2) is 7.56. The van der Waals surface area contributed by atoms with Crippen molar-refractivity contribution < 1.29 is 9.21 Å². The van der Waals surface area contributed by atoms with Gasteiger partial charge < -0.3 is 15.1 Å². The molecule has 140 valence electrons. The smallest absolute Gasteiger partial charge is 0.251 e. The van der Waals surface area contributed by atoms with E-state index in [9.17, 15) is 4.79 Å². The second-order valence-corrected chi connectivity index (χ2v) is 6.76. The van der Waals surface area contributed by atoms with E-state index in [0.29, 0.717) is 5.89 Å². The van der Waals surface area contributed by atoms with Crippen molar-refractivity contribution in [1.82, 2.24) is 4.98 Å². The molecular formula is C23H21N3O2. The summed E-state index contributed by atoms with van der Waals surface area (Å²) in [5.41, 5.74) is 5.07. The lowest BCUT2D eigenvalue weighted by Gasteiger charge is -2.20. The van der Waals surface area contributed by atoms with Crippen molar-refractivity contribution in [3.05, 3.63) is 89.8 Å². The second-order valence-electron chi connectivity index (χ2n) is 6.76. The number of nitrogens with one attached hydrogen (secondary N) is 2. The first-order valence-electron chi connectivity index (χ1n) is 9.15. The van der Waals surface area contributed by atoms with Crippen LogP contribution in [0.3, 0.4) is 0 Å². The van der Waals surface area contributed by atoms with Crippen molar-refractivity contribution in [3.63, 3.8) is 0 Å². The summed E-state index contributed by atoms with van der Waals surface area (Å²) in [6, 6.07) is 22.5. The van der Waals surface area contributed by atoms with Gasteiger partial charge in [-0.25, -0.2) is 4.98 Å². The minimum absolute atomic E-state index is 0.133. The average Bonchev–Trinajstić information content (AvgIpc) is 3.07. The van der Waals surface area contributed by atoms with Gasteiger partial charge in [-0.2, -0.15) is 0 Å². The molecular weight excluding hydrogens is 350 g/mol. The summed E-state index contributed by atoms with van der Waals surface area (Å²) in [6.07, 6.45) is 0. The largest absolute Gasteiger partial charge is 0.441 e. The van der Waals surface area contributed by atoms with E-state index in [1.807, 2.05) is 86.6 Å². The number of carbonyl (C=O) groups is 1. The Hall–Kier alpha value is -3.60. The van der Waals surface area contributed by atoms with E-state index in [1.165, 1.54) is 0 Å². The van der Waals surface area contributed by atoms with Crippen molar-refractivity contribution in [1.29, 1.82) is 0 Å². The first kappa shape index (κ1) is 17.8. The molecule has 0 unspecified atom stereocenters. The highest BCUT2D eigenvalue weighted by atomic mass is 16.3. The molecule has 4 aromatic rings. The average molecular weight is 371 g/mol. The zero-order valence-electron chi connectivity index (χ0n) is 15.8. The highest BCUT2D eigenvalue weighted by Crippen LogP contribution is 2.25. The number of anilines is 2. The molecule has 0 saturated carbocycles. The van der Waals surface area contributed by atoms with Gasteiger partial charge in [-0.3, -0.25) is 4.79 Å². The predicted octanol–water partition coefficient (Wildman–Crippen LogP) is 5.24. The lowest BCUT2D eigenvalue weighted by molar-refractivity contribution is -0.117. The summed E-state index contributed by atoms with van der Waals surface area (Å²) < 4.78 is 5.53. The number of carbonyl (C=O) groups excluding carboxylic acids is 1. The summed E-state index contributed by atoms with van der Waals surface area (Å²) in [4.78, 5) is 17.4. The van der Waals surface area contributed by atoms with Gasteiger partial charge in [0.2, 0.25) is 0 Å². The van der Waals surface area contributed by atoms with Gasteiger partial charge >= 0.3 is 0 Å². The highest BCUT2D eigenvalue weighted by molar-refractivity contribution is 5.97. The van der Waals surface area contributed by atoms with Gasteiger partial charge in [-0.1, -0.05) is 48.0 Å². The lowest BCUT2D eigenvalue weighted by atomic mass is 10.1. The Kier molecular flexibility index (Phi) is 4.81. The van der Waals surface area contributed by atoms with Gasteiger partial charge in [0.25, 0.3) is 5.91 Å². The van der Waals surface area contributed by atoms with Crippen LogP contribution in [0.4, 0.5) is 11.4 Å². The fourth-order valence-electron chi connectivity index (χ4n) is 3.10. The maximum absolute atomic E-state index is 13.1. The highest BCUT2D eigenvalue weighted by Gasteiger charge is 2.21. The van der Waals surface area contributed by atoms with Crippen molar-refractivity contribution in [3.8, 4) is 0 Å². The van der Waals surface area contributed by atoms with Gasteiger partial charge in [-0.05, 0) is 42.8 Å². The van der Waals surface area contributed by atoms with Crippen LogP contribution in [-0.4, -0.2) is 10.9 Å². The molecule has 1 amide bonds. The minimum atomic E-state index is -0.548. The minimum Gasteiger partial charge on any atom is -0.441 e. The number of hydrogen-bond acceptors (Lipinski definition) is 4. The van der Waals surface area contributed by atoms with Crippen LogP contribution >= 0.6 is 0 Å². The molecule has 0 aliphatic rings. The van der Waals surface area contributed by atoms with Crippen LogP contribution in [0.2, 0.25) is 0 Å². The summed E-state index contributed by atoms with van der Waals surface area (Å²) in [5, 5.41) is 6.33. The van der Waals surface area contributed by atoms with E-state index in [-0.39, 0.29) is 5.91 Å². The molecule has 5 nitrogen and oxygen atoms in total. The third kappa shape index (κ3) is 3.88. The topological polar surface area (TPSA) is 67.2 Å². The molecule has 0 radical (unpaired) electrons. The van der Waals surface area contributed by atoms with Gasteiger partial charge in [0, 0.05) is 18.3 Å². The Morgan fingerprint density at radius 2 is 1.64 bits per heavy atom. The predicted molar refractivity (Wildman–Crippen MR) is 111 cm³/mol. The SMILES string of the molecule is Cc1ccc(NC(=O)[C@@H](Nc2ccc3oc(C)nc3c2)c2ccccc2)cc1.